The maximum atomic E-state index is 12.8. The van der Waals surface area contributed by atoms with E-state index in [0.29, 0.717) is 12.8 Å². The SMILES string of the molecule is CCCC/C=C/CCCCCCCCCCCC(=O)O[C@@H](COC(=O)CC/C=C/C/C=C/C/C=C/C/C=C/C/C=C/CCCCC)CO[C@H]1O[C@@H](CO)[C@@H](O)C(O)C1O. The Kier molecular flexibility index (Phi) is 36.1. The van der Waals surface area contributed by atoms with Crippen LogP contribution >= 0.6 is 0 Å². The van der Waals surface area contributed by atoms with Gasteiger partial charge in [0.25, 0.3) is 0 Å². The highest BCUT2D eigenvalue weighted by molar-refractivity contribution is 5.70. The zero-order valence-corrected chi connectivity index (χ0v) is 36.7. The molecule has 1 heterocycles. The number of hydrogen-bond donors (Lipinski definition) is 4. The molecule has 1 aliphatic heterocycles. The number of esters is 2. The van der Waals surface area contributed by atoms with Gasteiger partial charge in [0.1, 0.15) is 31.0 Å². The first kappa shape index (κ1) is 54.2. The first-order chi connectivity index (χ1) is 28.8. The van der Waals surface area contributed by atoms with Crippen molar-refractivity contribution >= 4 is 11.9 Å². The summed E-state index contributed by atoms with van der Waals surface area (Å²) in [5, 5.41) is 40.1. The Balaban J connectivity index is 2.38. The van der Waals surface area contributed by atoms with Crippen molar-refractivity contribution in [3.63, 3.8) is 0 Å². The second-order valence-electron chi connectivity index (χ2n) is 15.5. The average Bonchev–Trinajstić information content (AvgIpc) is 3.23. The Morgan fingerprint density at radius 3 is 1.56 bits per heavy atom. The lowest BCUT2D eigenvalue weighted by Gasteiger charge is -2.39. The molecule has 0 aliphatic carbocycles. The van der Waals surface area contributed by atoms with Gasteiger partial charge >= 0.3 is 11.9 Å². The maximum Gasteiger partial charge on any atom is 0.306 e. The molecule has 1 rings (SSSR count). The minimum Gasteiger partial charge on any atom is -0.462 e. The summed E-state index contributed by atoms with van der Waals surface area (Å²) >= 11 is 0. The lowest BCUT2D eigenvalue weighted by atomic mass is 9.99. The van der Waals surface area contributed by atoms with E-state index in [1.165, 1.54) is 83.5 Å². The van der Waals surface area contributed by atoms with Crippen LogP contribution in [0.3, 0.4) is 0 Å². The van der Waals surface area contributed by atoms with Crippen LogP contribution in [0.15, 0.2) is 72.9 Å². The van der Waals surface area contributed by atoms with Crippen molar-refractivity contribution in [1.29, 1.82) is 0 Å². The molecule has 0 saturated carbocycles. The summed E-state index contributed by atoms with van der Waals surface area (Å²) in [6, 6.07) is 0. The molecule has 0 aromatic heterocycles. The topological polar surface area (TPSA) is 152 Å². The van der Waals surface area contributed by atoms with E-state index in [4.69, 9.17) is 18.9 Å². The van der Waals surface area contributed by atoms with Gasteiger partial charge in [-0.25, -0.2) is 0 Å². The molecule has 10 nitrogen and oxygen atoms in total. The van der Waals surface area contributed by atoms with Gasteiger partial charge in [-0.15, -0.1) is 0 Å². The third kappa shape index (κ3) is 30.8. The third-order valence-electron chi connectivity index (χ3n) is 10.1. The molecule has 4 N–H and O–H groups in total. The molecular weight excluding hydrogens is 749 g/mol. The zero-order valence-electron chi connectivity index (χ0n) is 36.7. The van der Waals surface area contributed by atoms with E-state index in [1.54, 1.807) is 0 Å². The van der Waals surface area contributed by atoms with Crippen molar-refractivity contribution in [1.82, 2.24) is 0 Å². The monoisotopic (exact) mass is 831 g/mol. The first-order valence-electron chi connectivity index (χ1n) is 23.0. The Labute approximate surface area is 357 Å². The molecule has 1 aliphatic rings. The van der Waals surface area contributed by atoms with Gasteiger partial charge in [-0.2, -0.15) is 0 Å². The molecular formula is C49H82O10. The Morgan fingerprint density at radius 1 is 0.525 bits per heavy atom. The summed E-state index contributed by atoms with van der Waals surface area (Å²) in [4.78, 5) is 25.3. The fourth-order valence-electron chi connectivity index (χ4n) is 6.39. The van der Waals surface area contributed by atoms with Crippen molar-refractivity contribution < 1.29 is 49.0 Å². The highest BCUT2D eigenvalue weighted by Crippen LogP contribution is 2.22. The van der Waals surface area contributed by atoms with Crippen LogP contribution in [0.1, 0.15) is 168 Å². The number of aliphatic hydroxyl groups excluding tert-OH is 4. The average molecular weight is 831 g/mol. The molecule has 338 valence electrons. The summed E-state index contributed by atoms with van der Waals surface area (Å²) in [7, 11) is 0. The molecule has 59 heavy (non-hydrogen) atoms. The van der Waals surface area contributed by atoms with Crippen LogP contribution in [0.4, 0.5) is 0 Å². The van der Waals surface area contributed by atoms with Crippen molar-refractivity contribution in [2.24, 2.45) is 0 Å². The van der Waals surface area contributed by atoms with Gasteiger partial charge in [0.2, 0.25) is 0 Å². The van der Waals surface area contributed by atoms with E-state index in [1.807, 2.05) is 12.2 Å². The van der Waals surface area contributed by atoms with Gasteiger partial charge < -0.3 is 39.4 Å². The van der Waals surface area contributed by atoms with E-state index in [-0.39, 0.29) is 26.1 Å². The van der Waals surface area contributed by atoms with E-state index in [2.05, 4.69) is 74.6 Å². The second kappa shape index (κ2) is 39.3. The highest BCUT2D eigenvalue weighted by atomic mass is 16.7. The van der Waals surface area contributed by atoms with Crippen molar-refractivity contribution in [2.45, 2.75) is 205 Å². The third-order valence-corrected chi connectivity index (χ3v) is 10.1. The molecule has 1 saturated heterocycles. The number of rotatable bonds is 37. The van der Waals surface area contributed by atoms with Crippen LogP contribution in [0.25, 0.3) is 0 Å². The molecule has 10 heteroatoms. The van der Waals surface area contributed by atoms with E-state index in [9.17, 15) is 30.0 Å². The fourth-order valence-corrected chi connectivity index (χ4v) is 6.39. The summed E-state index contributed by atoms with van der Waals surface area (Å²) in [6.07, 6.45) is 42.0. The molecule has 0 bridgehead atoms. The number of ether oxygens (including phenoxy) is 4. The lowest BCUT2D eigenvalue weighted by molar-refractivity contribution is -0.305. The summed E-state index contributed by atoms with van der Waals surface area (Å²) in [6.45, 7) is 3.28. The number of allylic oxidation sites excluding steroid dienone is 12. The number of carbonyl (C=O) groups is 2. The van der Waals surface area contributed by atoms with Gasteiger partial charge in [-0.1, -0.05) is 157 Å². The second-order valence-corrected chi connectivity index (χ2v) is 15.5. The van der Waals surface area contributed by atoms with Crippen LogP contribution in [0.5, 0.6) is 0 Å². The van der Waals surface area contributed by atoms with Crippen LogP contribution in [-0.4, -0.2) is 89.0 Å². The minimum atomic E-state index is -1.61. The lowest BCUT2D eigenvalue weighted by Crippen LogP contribution is -2.59. The van der Waals surface area contributed by atoms with Crippen LogP contribution in [0.2, 0.25) is 0 Å². The summed E-state index contributed by atoms with van der Waals surface area (Å²) in [5.41, 5.74) is 0. The molecule has 0 amide bonds. The largest absolute Gasteiger partial charge is 0.462 e. The summed E-state index contributed by atoms with van der Waals surface area (Å²) < 4.78 is 22.1. The van der Waals surface area contributed by atoms with Gasteiger partial charge in [0.05, 0.1) is 13.2 Å². The molecule has 0 radical (unpaired) electrons. The predicted octanol–water partition coefficient (Wildman–Crippen LogP) is 10.00. The number of carbonyl (C=O) groups excluding carboxylic acids is 2. The smallest absolute Gasteiger partial charge is 0.306 e. The van der Waals surface area contributed by atoms with Crippen LogP contribution in [-0.2, 0) is 28.5 Å². The summed E-state index contributed by atoms with van der Waals surface area (Å²) in [5.74, 6) is -0.910. The molecule has 6 atom stereocenters. The standard InChI is InChI=1S/C49H82O10/c1-3-5-7-9-11-13-15-17-19-20-21-22-24-25-27-29-31-33-35-37-44(51)56-40-42(41-57-49-48(55)47(54)46(53)43(39-50)59-49)58-45(52)38-36-34-32-30-28-26-23-18-16-14-12-10-8-6-4-2/h10-13,17,19,21-22,25,27,31,33,42-43,46-50,53-55H,3-9,14-16,18,20,23-24,26,28-30,32,34-41H2,1-2H3/b12-10+,13-11+,19-17+,22-21+,27-25+,33-31+/t42-,43-,46+,47?,48?,49-/m0/s1. The molecule has 0 aromatic carbocycles. The van der Waals surface area contributed by atoms with Gasteiger partial charge in [-0.3, -0.25) is 9.59 Å². The van der Waals surface area contributed by atoms with Crippen molar-refractivity contribution in [3.05, 3.63) is 72.9 Å². The maximum absolute atomic E-state index is 12.8. The van der Waals surface area contributed by atoms with Crippen LogP contribution in [0, 0.1) is 0 Å². The number of aliphatic hydroxyl groups is 4. The van der Waals surface area contributed by atoms with Gasteiger partial charge in [0.15, 0.2) is 12.4 Å². The number of hydrogen-bond acceptors (Lipinski definition) is 10. The number of unbranched alkanes of at least 4 members (excludes halogenated alkanes) is 14. The highest BCUT2D eigenvalue weighted by Gasteiger charge is 2.44. The van der Waals surface area contributed by atoms with Gasteiger partial charge in [-0.05, 0) is 70.6 Å². The van der Waals surface area contributed by atoms with Crippen molar-refractivity contribution in [2.75, 3.05) is 19.8 Å². The predicted molar refractivity (Wildman–Crippen MR) is 238 cm³/mol. The Hall–Kier alpha value is -2.86. The minimum absolute atomic E-state index is 0.149. The first-order valence-corrected chi connectivity index (χ1v) is 23.0. The normalized spacial score (nSPS) is 20.7. The van der Waals surface area contributed by atoms with Gasteiger partial charge in [0, 0.05) is 12.8 Å². The Bertz CT molecular complexity index is 1190. The van der Waals surface area contributed by atoms with E-state index in [0.717, 1.165) is 44.9 Å². The van der Waals surface area contributed by atoms with Crippen molar-refractivity contribution in [3.8, 4) is 0 Å². The quantitative estimate of drug-likeness (QED) is 0.0271. The Morgan fingerprint density at radius 2 is 1.00 bits per heavy atom. The zero-order chi connectivity index (χ0) is 43.0. The van der Waals surface area contributed by atoms with E-state index >= 15 is 0 Å². The van der Waals surface area contributed by atoms with E-state index < -0.39 is 55.4 Å². The fraction of sp³-hybridized carbons (Fsp3) is 0.714. The van der Waals surface area contributed by atoms with Crippen LogP contribution < -0.4 is 0 Å². The molecule has 1 fully saturated rings. The molecule has 0 aromatic rings. The molecule has 2 unspecified atom stereocenters. The molecule has 0 spiro atoms.